The molecule has 0 fully saturated rings. The second-order valence-electron chi connectivity index (χ2n) is 4.34. The van der Waals surface area contributed by atoms with Crippen LogP contribution in [0.4, 0.5) is 0 Å². The smallest absolute Gasteiger partial charge is 0.348 e. The molecule has 0 bridgehead atoms. The third-order valence-corrected chi connectivity index (χ3v) is 4.40. The summed E-state index contributed by atoms with van der Waals surface area (Å²) in [6.45, 7) is 6.26. The number of ether oxygens (including phenoxy) is 1. The highest BCUT2D eigenvalue weighted by molar-refractivity contribution is 7.17. The fourth-order valence-electron chi connectivity index (χ4n) is 2.37. The van der Waals surface area contributed by atoms with Crippen molar-refractivity contribution >= 4 is 17.3 Å². The van der Waals surface area contributed by atoms with E-state index >= 15 is 0 Å². The summed E-state index contributed by atoms with van der Waals surface area (Å²) in [5.41, 5.74) is 3.93. The van der Waals surface area contributed by atoms with Crippen molar-refractivity contribution in [2.45, 2.75) is 33.6 Å². The molecule has 106 valence electrons. The van der Waals surface area contributed by atoms with Crippen molar-refractivity contribution in [1.29, 1.82) is 0 Å². The third-order valence-electron chi connectivity index (χ3n) is 3.21. The molecule has 0 aliphatic heterocycles. The molecule has 3 heteroatoms. The van der Waals surface area contributed by atoms with E-state index in [0.717, 1.165) is 17.7 Å². The van der Waals surface area contributed by atoms with E-state index in [4.69, 9.17) is 4.74 Å². The lowest BCUT2D eigenvalue weighted by atomic mass is 9.91. The predicted octanol–water partition coefficient (Wildman–Crippen LogP) is 4.72. The number of aryl methyl sites for hydroxylation is 2. The Balaban J connectivity index is 0.000000704. The summed E-state index contributed by atoms with van der Waals surface area (Å²) in [6, 6.07) is 10.4. The Hall–Kier alpha value is -1.61. The van der Waals surface area contributed by atoms with Crippen LogP contribution < -0.4 is 0 Å². The number of hydrogen-bond donors (Lipinski definition) is 0. The van der Waals surface area contributed by atoms with E-state index < -0.39 is 0 Å². The van der Waals surface area contributed by atoms with Gasteiger partial charge in [0, 0.05) is 4.88 Å². The van der Waals surface area contributed by atoms with Crippen molar-refractivity contribution in [1.82, 2.24) is 0 Å². The average molecular weight is 288 g/mol. The van der Waals surface area contributed by atoms with Gasteiger partial charge in [-0.3, -0.25) is 0 Å². The van der Waals surface area contributed by atoms with Crippen molar-refractivity contribution < 1.29 is 9.53 Å². The summed E-state index contributed by atoms with van der Waals surface area (Å²) in [4.78, 5) is 13.7. The first-order valence-corrected chi connectivity index (χ1v) is 7.99. The van der Waals surface area contributed by atoms with Crippen LogP contribution in [0, 0.1) is 0 Å². The Morgan fingerprint density at radius 3 is 2.65 bits per heavy atom. The number of carbonyl (C=O) groups excluding carboxylic acids is 1. The number of thiophene rings is 1. The zero-order chi connectivity index (χ0) is 14.5. The number of benzene rings is 1. The molecule has 0 saturated heterocycles. The van der Waals surface area contributed by atoms with Crippen molar-refractivity contribution in [3.8, 4) is 10.4 Å². The van der Waals surface area contributed by atoms with E-state index in [-0.39, 0.29) is 5.97 Å². The van der Waals surface area contributed by atoms with Crippen molar-refractivity contribution in [3.63, 3.8) is 0 Å². The fourth-order valence-corrected chi connectivity index (χ4v) is 3.54. The summed E-state index contributed by atoms with van der Waals surface area (Å²) in [5.74, 6) is -0.200. The summed E-state index contributed by atoms with van der Waals surface area (Å²) in [5, 5.41) is 0. The molecule has 20 heavy (non-hydrogen) atoms. The van der Waals surface area contributed by atoms with Crippen LogP contribution in [0.1, 0.15) is 41.6 Å². The first-order chi connectivity index (χ1) is 9.79. The molecule has 2 nitrogen and oxygen atoms in total. The monoisotopic (exact) mass is 288 g/mol. The van der Waals surface area contributed by atoms with E-state index in [1.54, 1.807) is 11.3 Å². The molecular formula is C17H20O2S. The van der Waals surface area contributed by atoms with E-state index in [1.165, 1.54) is 21.6 Å². The molecule has 0 N–H and O–H groups in total. The van der Waals surface area contributed by atoms with Crippen LogP contribution in [0.5, 0.6) is 0 Å². The quantitative estimate of drug-likeness (QED) is 0.748. The number of fused-ring (bicyclic) bond motifs is 3. The van der Waals surface area contributed by atoms with Gasteiger partial charge in [-0.2, -0.15) is 0 Å². The third kappa shape index (κ3) is 2.78. The molecule has 1 aromatic heterocycles. The van der Waals surface area contributed by atoms with E-state index in [2.05, 4.69) is 24.3 Å². The van der Waals surface area contributed by atoms with Gasteiger partial charge in [-0.05, 0) is 42.5 Å². The Kier molecular flexibility index (Phi) is 4.96. The summed E-state index contributed by atoms with van der Waals surface area (Å²) in [7, 11) is 0. The topological polar surface area (TPSA) is 26.3 Å². The molecule has 1 heterocycles. The SMILES string of the molecule is CC.CCOC(=O)c1cc2c(s1)-c1ccccc1CC2. The molecule has 0 atom stereocenters. The normalized spacial score (nSPS) is 11.8. The van der Waals surface area contributed by atoms with E-state index in [0.29, 0.717) is 6.61 Å². The van der Waals surface area contributed by atoms with Gasteiger partial charge in [-0.15, -0.1) is 11.3 Å². The first kappa shape index (κ1) is 14.8. The van der Waals surface area contributed by atoms with Crippen LogP contribution in [0.15, 0.2) is 30.3 Å². The molecule has 3 rings (SSSR count). The molecule has 1 aromatic carbocycles. The molecule has 1 aliphatic rings. The van der Waals surface area contributed by atoms with Gasteiger partial charge in [-0.25, -0.2) is 4.79 Å². The van der Waals surface area contributed by atoms with E-state index in [1.807, 2.05) is 26.8 Å². The van der Waals surface area contributed by atoms with Gasteiger partial charge < -0.3 is 4.74 Å². The minimum atomic E-state index is -0.200. The van der Waals surface area contributed by atoms with E-state index in [9.17, 15) is 4.79 Å². The van der Waals surface area contributed by atoms with Gasteiger partial charge in [0.2, 0.25) is 0 Å². The van der Waals surface area contributed by atoms with Crippen molar-refractivity contribution in [2.24, 2.45) is 0 Å². The zero-order valence-electron chi connectivity index (χ0n) is 12.2. The molecule has 2 aromatic rings. The zero-order valence-corrected chi connectivity index (χ0v) is 13.0. The van der Waals surface area contributed by atoms with Crippen LogP contribution in [-0.2, 0) is 17.6 Å². The highest BCUT2D eigenvalue weighted by Crippen LogP contribution is 2.39. The lowest BCUT2D eigenvalue weighted by Crippen LogP contribution is -2.02. The lowest BCUT2D eigenvalue weighted by molar-refractivity contribution is 0.0532. The first-order valence-electron chi connectivity index (χ1n) is 7.17. The summed E-state index contributed by atoms with van der Waals surface area (Å²) in [6.07, 6.45) is 2.07. The van der Waals surface area contributed by atoms with Crippen molar-refractivity contribution in [2.75, 3.05) is 6.61 Å². The molecule has 0 unspecified atom stereocenters. The Morgan fingerprint density at radius 2 is 1.90 bits per heavy atom. The standard InChI is InChI=1S/C15H14O2S.C2H6/c1-2-17-15(16)13-9-11-8-7-10-5-3-4-6-12(10)14(11)18-13;1-2/h3-6,9H,2,7-8H2,1H3;1-2H3. The van der Waals surface area contributed by atoms with Gasteiger partial charge >= 0.3 is 5.97 Å². The second kappa shape index (κ2) is 6.71. The highest BCUT2D eigenvalue weighted by atomic mass is 32.1. The number of carbonyl (C=O) groups is 1. The van der Waals surface area contributed by atoms with Gasteiger partial charge in [0.15, 0.2) is 0 Å². The molecule has 0 amide bonds. The van der Waals surface area contributed by atoms with Gasteiger partial charge in [0.25, 0.3) is 0 Å². The van der Waals surface area contributed by atoms with Crippen LogP contribution in [0.2, 0.25) is 0 Å². The maximum atomic E-state index is 11.8. The van der Waals surface area contributed by atoms with Gasteiger partial charge in [-0.1, -0.05) is 38.1 Å². The number of hydrogen-bond acceptors (Lipinski definition) is 3. The maximum Gasteiger partial charge on any atom is 0.348 e. The molecular weight excluding hydrogens is 268 g/mol. The van der Waals surface area contributed by atoms with Crippen molar-refractivity contribution in [3.05, 3.63) is 46.3 Å². The largest absolute Gasteiger partial charge is 0.462 e. The van der Waals surface area contributed by atoms with Crippen LogP contribution in [0.25, 0.3) is 10.4 Å². The average Bonchev–Trinajstić information content (AvgIpc) is 2.94. The Bertz CT molecular complexity index is 599. The Labute approximate surface area is 124 Å². The maximum absolute atomic E-state index is 11.8. The fraction of sp³-hybridized carbons (Fsp3) is 0.353. The minimum absolute atomic E-state index is 0.200. The lowest BCUT2D eigenvalue weighted by Gasteiger charge is -2.15. The Morgan fingerprint density at radius 1 is 1.20 bits per heavy atom. The predicted molar refractivity (Wildman–Crippen MR) is 84.5 cm³/mol. The highest BCUT2D eigenvalue weighted by Gasteiger charge is 2.21. The van der Waals surface area contributed by atoms with Gasteiger partial charge in [0.1, 0.15) is 4.88 Å². The van der Waals surface area contributed by atoms with Crippen LogP contribution >= 0.6 is 11.3 Å². The summed E-state index contributed by atoms with van der Waals surface area (Å²) < 4.78 is 5.07. The molecule has 0 spiro atoms. The summed E-state index contributed by atoms with van der Waals surface area (Å²) >= 11 is 1.55. The minimum Gasteiger partial charge on any atom is -0.462 e. The molecule has 1 aliphatic carbocycles. The van der Waals surface area contributed by atoms with Crippen LogP contribution in [0.3, 0.4) is 0 Å². The molecule has 0 radical (unpaired) electrons. The van der Waals surface area contributed by atoms with Gasteiger partial charge in [0.05, 0.1) is 6.61 Å². The number of rotatable bonds is 2. The molecule has 0 saturated carbocycles. The number of esters is 1. The second-order valence-corrected chi connectivity index (χ2v) is 5.39. The van der Waals surface area contributed by atoms with Crippen LogP contribution in [-0.4, -0.2) is 12.6 Å².